The number of hydrogen-bond donors (Lipinski definition) is 1. The van der Waals surface area contributed by atoms with Gasteiger partial charge in [-0.15, -0.1) is 0 Å². The molecule has 0 saturated carbocycles. The van der Waals surface area contributed by atoms with Crippen molar-refractivity contribution in [1.82, 2.24) is 3.97 Å². The lowest BCUT2D eigenvalue weighted by molar-refractivity contribution is -0.273. The lowest BCUT2D eigenvalue weighted by atomic mass is 9.83. The molecule has 1 heterocycles. The Bertz CT molecular complexity index is 1820. The summed E-state index contributed by atoms with van der Waals surface area (Å²) >= 11 is 0. The number of aromatic nitrogens is 1. The molecule has 2 aromatic carbocycles. The van der Waals surface area contributed by atoms with Gasteiger partial charge in [-0.2, -0.15) is 26.3 Å². The summed E-state index contributed by atoms with van der Waals surface area (Å²) in [6.07, 6.45) is -14.0. The molecule has 7 nitrogen and oxygen atoms in total. The van der Waals surface area contributed by atoms with E-state index >= 15 is 0 Å². The van der Waals surface area contributed by atoms with E-state index in [1.807, 2.05) is 0 Å². The van der Waals surface area contributed by atoms with E-state index in [2.05, 4.69) is 4.74 Å². The van der Waals surface area contributed by atoms with Gasteiger partial charge >= 0.3 is 12.4 Å². The van der Waals surface area contributed by atoms with E-state index in [-0.39, 0.29) is 16.1 Å². The third kappa shape index (κ3) is 5.41. The number of nitrogens with one attached hydrogen (secondary N) is 1. The standard InChI is InChI=1S/C24H20F8N2O5S2/c1-13-3-5-14(6-4-13)41(37,38)34-12-21(15-7-8-22(39-2,11-20(15)34)24(30,31)32)40(35,36)33-19-10-17(25)16(9-18(19)26)23(27,28)29/h3-6,9-10,12,33H,7-8,11H2,1-2H3/t22-/m1/s1/i2D3. The first-order chi connectivity index (χ1) is 19.9. The van der Waals surface area contributed by atoms with Gasteiger partial charge in [0.25, 0.3) is 20.0 Å². The van der Waals surface area contributed by atoms with Gasteiger partial charge in [-0.05, 0) is 43.5 Å². The summed E-state index contributed by atoms with van der Waals surface area (Å²) in [5.41, 5.74) is -7.68. The number of methoxy groups -OCH3 is 1. The van der Waals surface area contributed by atoms with Crippen molar-refractivity contribution in [2.75, 3.05) is 11.8 Å². The Morgan fingerprint density at radius 1 is 1.00 bits per heavy atom. The molecule has 1 aliphatic carbocycles. The Hall–Kier alpha value is -3.18. The number of benzene rings is 2. The number of hydrogen-bond acceptors (Lipinski definition) is 5. The van der Waals surface area contributed by atoms with Gasteiger partial charge in [0.15, 0.2) is 5.60 Å². The van der Waals surface area contributed by atoms with E-state index in [4.69, 9.17) is 4.11 Å². The van der Waals surface area contributed by atoms with Crippen LogP contribution in [0.3, 0.4) is 0 Å². The number of ether oxygens (including phenoxy) is 1. The Morgan fingerprint density at radius 2 is 1.63 bits per heavy atom. The van der Waals surface area contributed by atoms with Crippen molar-refractivity contribution in [2.45, 2.75) is 53.9 Å². The molecule has 41 heavy (non-hydrogen) atoms. The second-order valence-corrected chi connectivity index (χ2v) is 12.7. The SMILES string of the molecule is [2H]C([2H])([2H])O[C@]1(C(F)(F)F)CCc2c(S(=O)(=O)Nc3cc(F)c(C(F)(F)F)cc3F)cn(S(=O)(=O)c3ccc(C)cc3)c2C1. The van der Waals surface area contributed by atoms with Crippen LogP contribution in [0.2, 0.25) is 0 Å². The first kappa shape index (κ1) is 26.7. The smallest absolute Gasteiger partial charge is 0.368 e. The summed E-state index contributed by atoms with van der Waals surface area (Å²) in [4.78, 5) is -1.54. The molecule has 0 saturated heterocycles. The molecule has 0 amide bonds. The fraction of sp³-hybridized carbons (Fsp3) is 0.333. The molecule has 1 N–H and O–H groups in total. The number of fused-ring (bicyclic) bond motifs is 1. The normalized spacial score (nSPS) is 19.7. The van der Waals surface area contributed by atoms with Crippen molar-refractivity contribution in [2.24, 2.45) is 0 Å². The number of aryl methyl sites for hydroxylation is 1. The van der Waals surface area contributed by atoms with Crippen molar-refractivity contribution in [3.05, 3.63) is 76.6 Å². The number of nitrogens with zero attached hydrogens (tertiary/aromatic N) is 1. The third-order valence-corrected chi connectivity index (χ3v) is 9.69. The summed E-state index contributed by atoms with van der Waals surface area (Å²) in [6, 6.07) is 4.38. The van der Waals surface area contributed by atoms with Crippen molar-refractivity contribution in [1.29, 1.82) is 0 Å². The molecule has 0 unspecified atom stereocenters. The van der Waals surface area contributed by atoms with Crippen LogP contribution in [0.4, 0.5) is 40.8 Å². The number of rotatable bonds is 6. The molecule has 1 atom stereocenters. The van der Waals surface area contributed by atoms with Gasteiger partial charge in [0.2, 0.25) is 0 Å². The lowest BCUT2D eigenvalue weighted by Crippen LogP contribution is -2.51. The lowest BCUT2D eigenvalue weighted by Gasteiger charge is -2.38. The van der Waals surface area contributed by atoms with Crippen LogP contribution in [0.15, 0.2) is 52.4 Å². The second-order valence-electron chi connectivity index (χ2n) is 9.22. The van der Waals surface area contributed by atoms with Gasteiger partial charge in [-0.3, -0.25) is 4.72 Å². The highest BCUT2D eigenvalue weighted by Gasteiger charge is 2.58. The third-order valence-electron chi connectivity index (χ3n) is 6.56. The van der Waals surface area contributed by atoms with Crippen LogP contribution >= 0.6 is 0 Å². The summed E-state index contributed by atoms with van der Waals surface area (Å²) < 4.78 is 192. The van der Waals surface area contributed by atoms with Crippen LogP contribution < -0.4 is 4.72 Å². The summed E-state index contributed by atoms with van der Waals surface area (Å²) in [5, 5.41) is 0. The van der Waals surface area contributed by atoms with Gasteiger partial charge in [-0.1, -0.05) is 17.7 Å². The maximum Gasteiger partial charge on any atom is 0.419 e. The van der Waals surface area contributed by atoms with Crippen molar-refractivity contribution in [3.8, 4) is 0 Å². The number of anilines is 1. The van der Waals surface area contributed by atoms with E-state index in [0.29, 0.717) is 11.8 Å². The number of halogens is 8. The van der Waals surface area contributed by atoms with Crippen LogP contribution in [0.25, 0.3) is 0 Å². The summed E-state index contributed by atoms with van der Waals surface area (Å²) in [5.74, 6) is -3.93. The molecule has 0 fully saturated rings. The van der Waals surface area contributed by atoms with E-state index in [9.17, 15) is 52.0 Å². The molecule has 3 aromatic rings. The quantitative estimate of drug-likeness (QED) is 0.358. The molecule has 0 radical (unpaired) electrons. The van der Waals surface area contributed by atoms with Gasteiger partial charge in [-0.25, -0.2) is 29.6 Å². The first-order valence-corrected chi connectivity index (χ1v) is 14.2. The molecular weight excluding hydrogens is 612 g/mol. The van der Waals surface area contributed by atoms with Gasteiger partial charge in [0.05, 0.1) is 20.3 Å². The highest BCUT2D eigenvalue weighted by atomic mass is 32.2. The van der Waals surface area contributed by atoms with Crippen LogP contribution in [-0.4, -0.2) is 39.6 Å². The fourth-order valence-corrected chi connectivity index (χ4v) is 7.20. The average Bonchev–Trinajstić information content (AvgIpc) is 3.24. The predicted molar refractivity (Wildman–Crippen MR) is 128 cm³/mol. The van der Waals surface area contributed by atoms with Crippen molar-refractivity contribution < 1.29 is 60.8 Å². The molecule has 0 spiro atoms. The summed E-state index contributed by atoms with van der Waals surface area (Å²) in [7, 11) is -13.7. The Balaban J connectivity index is 1.92. The van der Waals surface area contributed by atoms with Crippen LogP contribution in [-0.2, 0) is 43.8 Å². The average molecular weight is 636 g/mol. The molecule has 0 aliphatic heterocycles. The predicted octanol–water partition coefficient (Wildman–Crippen LogP) is 5.57. The molecule has 1 aromatic heterocycles. The van der Waals surface area contributed by atoms with E-state index in [1.165, 1.54) is 16.9 Å². The fourth-order valence-electron chi connectivity index (χ4n) is 4.37. The summed E-state index contributed by atoms with van der Waals surface area (Å²) in [6.45, 7) is 1.59. The molecule has 17 heteroatoms. The number of alkyl halides is 6. The molecule has 224 valence electrons. The van der Waals surface area contributed by atoms with Gasteiger partial charge in [0.1, 0.15) is 16.5 Å². The number of sulfonamides is 1. The first-order valence-electron chi connectivity index (χ1n) is 12.8. The van der Waals surface area contributed by atoms with Gasteiger partial charge < -0.3 is 4.74 Å². The van der Waals surface area contributed by atoms with E-state index < -0.39 is 108 Å². The topological polar surface area (TPSA) is 94.5 Å². The Kier molecular flexibility index (Phi) is 6.50. The highest BCUT2D eigenvalue weighted by molar-refractivity contribution is 7.93. The Labute approximate surface area is 233 Å². The van der Waals surface area contributed by atoms with E-state index in [1.54, 1.807) is 6.92 Å². The van der Waals surface area contributed by atoms with Crippen LogP contribution in [0, 0.1) is 18.6 Å². The molecule has 0 bridgehead atoms. The minimum absolute atomic E-state index is 0.110. The maximum absolute atomic E-state index is 14.5. The minimum atomic E-state index is -5.40. The molecular formula is C24H20F8N2O5S2. The zero-order valence-corrected chi connectivity index (χ0v) is 22.1. The maximum atomic E-state index is 14.5. The zero-order valence-electron chi connectivity index (χ0n) is 23.5. The monoisotopic (exact) mass is 635 g/mol. The van der Waals surface area contributed by atoms with Crippen LogP contribution in [0.1, 0.15) is 32.9 Å². The van der Waals surface area contributed by atoms with Crippen molar-refractivity contribution >= 4 is 25.7 Å². The highest BCUT2D eigenvalue weighted by Crippen LogP contribution is 2.46. The molecule has 4 rings (SSSR count). The van der Waals surface area contributed by atoms with Crippen LogP contribution in [0.5, 0.6) is 0 Å². The largest absolute Gasteiger partial charge is 0.419 e. The van der Waals surface area contributed by atoms with Crippen molar-refractivity contribution in [3.63, 3.8) is 0 Å². The Morgan fingerprint density at radius 3 is 2.20 bits per heavy atom. The minimum Gasteiger partial charge on any atom is -0.368 e. The van der Waals surface area contributed by atoms with Gasteiger partial charge in [0, 0.05) is 31.4 Å². The molecule has 1 aliphatic rings. The second kappa shape index (κ2) is 9.97. The van der Waals surface area contributed by atoms with E-state index in [0.717, 1.165) is 12.1 Å². The zero-order chi connectivity index (χ0) is 33.3.